The second-order valence-electron chi connectivity index (χ2n) is 6.49. The fraction of sp³-hybridized carbons (Fsp3) is 0.316. The summed E-state index contributed by atoms with van der Waals surface area (Å²) in [6, 6.07) is 11.0. The van der Waals surface area contributed by atoms with Gasteiger partial charge in [0.2, 0.25) is 0 Å². The van der Waals surface area contributed by atoms with Crippen molar-refractivity contribution in [1.29, 1.82) is 0 Å². The van der Waals surface area contributed by atoms with Crippen LogP contribution in [0.5, 0.6) is 5.75 Å². The Bertz CT molecular complexity index is 834. The van der Waals surface area contributed by atoms with Crippen LogP contribution in [0.15, 0.2) is 42.5 Å². The summed E-state index contributed by atoms with van der Waals surface area (Å²) in [6.45, 7) is 1.20. The smallest absolute Gasteiger partial charge is 0.410 e. The largest absolute Gasteiger partial charge is 0.415 e. The Morgan fingerprint density at radius 2 is 1.81 bits per heavy atom. The van der Waals surface area contributed by atoms with Gasteiger partial charge in [0.1, 0.15) is 5.75 Å². The lowest BCUT2D eigenvalue weighted by atomic mass is 9.90. The zero-order chi connectivity index (χ0) is 19.4. The average Bonchev–Trinajstić information content (AvgIpc) is 2.65. The van der Waals surface area contributed by atoms with Crippen molar-refractivity contribution in [2.45, 2.75) is 19.3 Å². The van der Waals surface area contributed by atoms with E-state index in [4.69, 9.17) is 27.9 Å². The van der Waals surface area contributed by atoms with Crippen LogP contribution in [0.4, 0.5) is 10.5 Å². The number of non-ortho nitro benzene ring substituents is 1. The number of halogens is 2. The summed E-state index contributed by atoms with van der Waals surface area (Å²) in [5.74, 6) is 0.729. The van der Waals surface area contributed by atoms with Crippen LogP contribution < -0.4 is 4.74 Å². The minimum atomic E-state index is -0.497. The molecule has 0 saturated carbocycles. The Labute approximate surface area is 166 Å². The van der Waals surface area contributed by atoms with Gasteiger partial charge in [-0.1, -0.05) is 29.3 Å². The van der Waals surface area contributed by atoms with Gasteiger partial charge in [-0.25, -0.2) is 4.79 Å². The van der Waals surface area contributed by atoms with Crippen LogP contribution in [0.1, 0.15) is 18.4 Å². The molecule has 1 saturated heterocycles. The van der Waals surface area contributed by atoms with E-state index in [0.29, 0.717) is 34.8 Å². The summed E-state index contributed by atoms with van der Waals surface area (Å²) in [7, 11) is 0. The summed E-state index contributed by atoms with van der Waals surface area (Å²) in [4.78, 5) is 24.1. The molecule has 1 aliphatic rings. The predicted molar refractivity (Wildman–Crippen MR) is 104 cm³/mol. The lowest BCUT2D eigenvalue weighted by Crippen LogP contribution is -2.40. The zero-order valence-electron chi connectivity index (χ0n) is 14.4. The number of carbonyl (C=O) groups excluding carboxylic acids is 1. The summed E-state index contributed by atoms with van der Waals surface area (Å²) < 4.78 is 5.30. The minimum absolute atomic E-state index is 0.0449. The van der Waals surface area contributed by atoms with E-state index in [1.54, 1.807) is 11.0 Å². The van der Waals surface area contributed by atoms with Crippen molar-refractivity contribution in [3.63, 3.8) is 0 Å². The molecule has 6 nitrogen and oxygen atoms in total. The highest BCUT2D eigenvalue weighted by Gasteiger charge is 2.25. The lowest BCUT2D eigenvalue weighted by molar-refractivity contribution is -0.384. The second-order valence-corrected chi connectivity index (χ2v) is 7.33. The van der Waals surface area contributed by atoms with Gasteiger partial charge in [0, 0.05) is 35.3 Å². The average molecular weight is 409 g/mol. The number of nitro benzene ring substituents is 1. The molecule has 27 heavy (non-hydrogen) atoms. The van der Waals surface area contributed by atoms with Crippen molar-refractivity contribution in [3.8, 4) is 5.75 Å². The van der Waals surface area contributed by atoms with Crippen molar-refractivity contribution in [1.82, 2.24) is 4.90 Å². The van der Waals surface area contributed by atoms with Crippen LogP contribution in [0, 0.1) is 16.0 Å². The van der Waals surface area contributed by atoms with E-state index in [0.717, 1.165) is 24.8 Å². The first-order valence-corrected chi connectivity index (χ1v) is 9.33. The normalized spacial score (nSPS) is 14.8. The van der Waals surface area contributed by atoms with Crippen molar-refractivity contribution in [3.05, 3.63) is 68.2 Å². The molecule has 1 amide bonds. The molecule has 1 fully saturated rings. The monoisotopic (exact) mass is 408 g/mol. The van der Waals surface area contributed by atoms with E-state index in [1.807, 2.05) is 12.1 Å². The molecule has 3 rings (SSSR count). The molecule has 0 aromatic heterocycles. The number of nitro groups is 1. The molecule has 142 valence electrons. The fourth-order valence-electron chi connectivity index (χ4n) is 3.12. The summed E-state index contributed by atoms with van der Waals surface area (Å²) in [5, 5.41) is 11.9. The summed E-state index contributed by atoms with van der Waals surface area (Å²) in [6.07, 6.45) is 2.12. The van der Waals surface area contributed by atoms with Crippen molar-refractivity contribution >= 4 is 35.0 Å². The Balaban J connectivity index is 1.50. The third-order valence-electron chi connectivity index (χ3n) is 4.65. The van der Waals surface area contributed by atoms with E-state index < -0.39 is 11.0 Å². The standard InChI is InChI=1S/C19H18Cl2N2O4/c20-15-2-1-14(18(21)12-15)11-13-7-9-22(10-8-13)19(24)27-17-5-3-16(4-6-17)23(25)26/h1-6,12-13H,7-11H2. The van der Waals surface area contributed by atoms with Crippen molar-refractivity contribution < 1.29 is 14.5 Å². The molecule has 0 unspecified atom stereocenters. The maximum atomic E-state index is 12.3. The molecule has 0 bridgehead atoms. The van der Waals surface area contributed by atoms with Gasteiger partial charge in [-0.05, 0) is 55.0 Å². The highest BCUT2D eigenvalue weighted by atomic mass is 35.5. The molecular weight excluding hydrogens is 391 g/mol. The molecule has 1 aliphatic heterocycles. The third kappa shape index (κ3) is 5.11. The van der Waals surface area contributed by atoms with E-state index in [2.05, 4.69) is 0 Å². The second kappa shape index (κ2) is 8.59. The number of piperidine rings is 1. The number of nitrogens with zero attached hydrogens (tertiary/aromatic N) is 2. The molecule has 0 atom stereocenters. The Morgan fingerprint density at radius 1 is 1.15 bits per heavy atom. The first-order valence-electron chi connectivity index (χ1n) is 8.57. The molecule has 0 aliphatic carbocycles. The number of carbonyl (C=O) groups is 1. The van der Waals surface area contributed by atoms with Gasteiger partial charge >= 0.3 is 6.09 Å². The lowest BCUT2D eigenvalue weighted by Gasteiger charge is -2.31. The summed E-state index contributed by atoms with van der Waals surface area (Å²) >= 11 is 12.2. The topological polar surface area (TPSA) is 72.7 Å². The fourth-order valence-corrected chi connectivity index (χ4v) is 3.60. The van der Waals surface area contributed by atoms with Gasteiger partial charge in [0.25, 0.3) is 5.69 Å². The number of hydrogen-bond acceptors (Lipinski definition) is 4. The molecule has 2 aromatic carbocycles. The number of likely N-dealkylation sites (tertiary alicyclic amines) is 1. The number of benzene rings is 2. The van der Waals surface area contributed by atoms with Gasteiger partial charge in [-0.15, -0.1) is 0 Å². The van der Waals surface area contributed by atoms with Gasteiger partial charge < -0.3 is 9.64 Å². The highest BCUT2D eigenvalue weighted by molar-refractivity contribution is 6.35. The molecular formula is C19H18Cl2N2O4. The number of rotatable bonds is 4. The quantitative estimate of drug-likeness (QED) is 0.504. The highest BCUT2D eigenvalue weighted by Crippen LogP contribution is 2.28. The minimum Gasteiger partial charge on any atom is -0.410 e. The number of ether oxygens (including phenoxy) is 1. The van der Waals surface area contributed by atoms with Gasteiger partial charge in [-0.3, -0.25) is 10.1 Å². The summed E-state index contributed by atoms with van der Waals surface area (Å²) in [5.41, 5.74) is 1.02. The van der Waals surface area contributed by atoms with Crippen LogP contribution >= 0.6 is 23.2 Å². The van der Waals surface area contributed by atoms with Gasteiger partial charge in [0.15, 0.2) is 0 Å². The van der Waals surface area contributed by atoms with Gasteiger partial charge in [-0.2, -0.15) is 0 Å². The maximum Gasteiger partial charge on any atom is 0.415 e. The van der Waals surface area contributed by atoms with Crippen molar-refractivity contribution in [2.24, 2.45) is 5.92 Å². The van der Waals surface area contributed by atoms with Crippen molar-refractivity contribution in [2.75, 3.05) is 13.1 Å². The first-order chi connectivity index (χ1) is 12.9. The predicted octanol–water partition coefficient (Wildman–Crippen LogP) is 5.36. The van der Waals surface area contributed by atoms with E-state index in [1.165, 1.54) is 24.3 Å². The zero-order valence-corrected chi connectivity index (χ0v) is 15.9. The first kappa shape index (κ1) is 19.5. The Morgan fingerprint density at radius 3 is 2.41 bits per heavy atom. The molecule has 0 N–H and O–H groups in total. The van der Waals surface area contributed by atoms with Crippen LogP contribution in [0.3, 0.4) is 0 Å². The number of amides is 1. The molecule has 2 aromatic rings. The van der Waals surface area contributed by atoms with Crippen LogP contribution in [-0.4, -0.2) is 29.0 Å². The van der Waals surface area contributed by atoms with Crippen LogP contribution in [0.25, 0.3) is 0 Å². The molecule has 1 heterocycles. The van der Waals surface area contributed by atoms with Crippen LogP contribution in [0.2, 0.25) is 10.0 Å². The molecule has 8 heteroatoms. The van der Waals surface area contributed by atoms with E-state index in [9.17, 15) is 14.9 Å². The Hall–Kier alpha value is -2.31. The maximum absolute atomic E-state index is 12.3. The molecule has 0 radical (unpaired) electrons. The molecule has 0 spiro atoms. The SMILES string of the molecule is O=C(Oc1ccc([N+](=O)[O-])cc1)N1CCC(Cc2ccc(Cl)cc2Cl)CC1. The van der Waals surface area contributed by atoms with E-state index in [-0.39, 0.29) is 5.69 Å². The third-order valence-corrected chi connectivity index (χ3v) is 5.24. The van der Waals surface area contributed by atoms with E-state index >= 15 is 0 Å². The van der Waals surface area contributed by atoms with Gasteiger partial charge in [0.05, 0.1) is 4.92 Å². The Kier molecular flexibility index (Phi) is 6.19. The van der Waals surface area contributed by atoms with Crippen LogP contribution in [-0.2, 0) is 6.42 Å². The number of hydrogen-bond donors (Lipinski definition) is 0.